The highest BCUT2D eigenvalue weighted by atomic mass is 16.5. The van der Waals surface area contributed by atoms with Crippen LogP contribution < -0.4 is 0 Å². The van der Waals surface area contributed by atoms with E-state index in [-0.39, 0.29) is 11.0 Å². The van der Waals surface area contributed by atoms with Crippen LogP contribution in [0.1, 0.15) is 83.6 Å². The maximum atomic E-state index is 12.7. The standard InChI is InChI=1S/C28H40O2/c1-26-17-18-28(30-3,16-13-20-7-5-4-6-8-20)19-21(26)9-10-22-23-11-12-25(29)27(23,2)15-14-24(22)26/h4-8,21-24H,9-19H2,1-3H3/t21?,22?,23?,24?,26-,27-,28+/m0/s1. The second-order valence-electron chi connectivity index (χ2n) is 11.7. The Bertz CT molecular complexity index is 787. The highest BCUT2D eigenvalue weighted by molar-refractivity contribution is 5.87. The average molecular weight is 409 g/mol. The van der Waals surface area contributed by atoms with Crippen molar-refractivity contribution in [2.45, 2.75) is 90.1 Å². The molecule has 4 unspecified atom stereocenters. The number of ether oxygens (including phenoxy) is 1. The molecule has 4 aliphatic rings. The van der Waals surface area contributed by atoms with E-state index in [1.807, 2.05) is 7.11 Å². The van der Waals surface area contributed by atoms with Gasteiger partial charge in [-0.05, 0) is 98.9 Å². The number of Topliss-reactive ketones (excluding diaryl/α,β-unsaturated/α-hetero) is 1. The Morgan fingerprint density at radius 2 is 1.77 bits per heavy atom. The molecule has 2 heteroatoms. The van der Waals surface area contributed by atoms with Gasteiger partial charge in [0.2, 0.25) is 0 Å². The van der Waals surface area contributed by atoms with Crippen LogP contribution in [0.4, 0.5) is 0 Å². The number of fused-ring (bicyclic) bond motifs is 5. The fourth-order valence-electron chi connectivity index (χ4n) is 8.61. The van der Waals surface area contributed by atoms with Crippen molar-refractivity contribution >= 4 is 5.78 Å². The number of benzene rings is 1. The maximum absolute atomic E-state index is 12.7. The van der Waals surface area contributed by atoms with Crippen LogP contribution in [0.5, 0.6) is 0 Å². The van der Waals surface area contributed by atoms with Crippen molar-refractivity contribution in [2.75, 3.05) is 7.11 Å². The van der Waals surface area contributed by atoms with Crippen LogP contribution in [0, 0.1) is 34.5 Å². The van der Waals surface area contributed by atoms with Gasteiger partial charge in [-0.3, -0.25) is 4.79 Å². The molecule has 4 fully saturated rings. The normalized spacial score (nSPS) is 45.5. The third-order valence-electron chi connectivity index (χ3n) is 10.7. The summed E-state index contributed by atoms with van der Waals surface area (Å²) in [5.74, 6) is 3.62. The topological polar surface area (TPSA) is 26.3 Å². The fourth-order valence-corrected chi connectivity index (χ4v) is 8.61. The Labute approximate surface area is 183 Å². The zero-order chi connectivity index (χ0) is 21.0. The molecule has 0 spiro atoms. The van der Waals surface area contributed by atoms with E-state index in [9.17, 15) is 4.79 Å². The molecule has 0 aliphatic heterocycles. The largest absolute Gasteiger partial charge is 0.378 e. The Balaban J connectivity index is 1.32. The summed E-state index contributed by atoms with van der Waals surface area (Å²) in [6, 6.07) is 10.9. The number of carbonyl (C=O) groups excluding carboxylic acids is 1. The van der Waals surface area contributed by atoms with Crippen molar-refractivity contribution < 1.29 is 9.53 Å². The SMILES string of the molecule is CO[C@]1(CCc2ccccc2)CC[C@@]2(C)C(CCC3C2CC[C@]2(C)C(=O)CCC32)C1. The predicted octanol–water partition coefficient (Wildman–Crippen LogP) is 6.62. The summed E-state index contributed by atoms with van der Waals surface area (Å²) in [4.78, 5) is 12.7. The molecule has 30 heavy (non-hydrogen) atoms. The van der Waals surface area contributed by atoms with Gasteiger partial charge in [0, 0.05) is 18.9 Å². The van der Waals surface area contributed by atoms with Crippen molar-refractivity contribution in [1.29, 1.82) is 0 Å². The number of aryl methyl sites for hydroxylation is 1. The zero-order valence-electron chi connectivity index (χ0n) is 19.3. The quantitative estimate of drug-likeness (QED) is 0.560. The fraction of sp³-hybridized carbons (Fsp3) is 0.750. The monoisotopic (exact) mass is 408 g/mol. The zero-order valence-corrected chi connectivity index (χ0v) is 19.3. The molecule has 0 bridgehead atoms. The molecule has 4 aliphatic carbocycles. The van der Waals surface area contributed by atoms with Crippen LogP contribution in [0.2, 0.25) is 0 Å². The van der Waals surface area contributed by atoms with Gasteiger partial charge in [-0.15, -0.1) is 0 Å². The van der Waals surface area contributed by atoms with Gasteiger partial charge >= 0.3 is 0 Å². The molecule has 164 valence electrons. The number of ketones is 1. The van der Waals surface area contributed by atoms with Gasteiger partial charge in [0.05, 0.1) is 5.60 Å². The molecule has 4 saturated carbocycles. The Morgan fingerprint density at radius 1 is 0.967 bits per heavy atom. The van der Waals surface area contributed by atoms with Gasteiger partial charge in [-0.25, -0.2) is 0 Å². The number of carbonyl (C=O) groups is 1. The highest BCUT2D eigenvalue weighted by Crippen LogP contribution is 2.66. The smallest absolute Gasteiger partial charge is 0.139 e. The number of methoxy groups -OCH3 is 1. The molecule has 0 N–H and O–H groups in total. The van der Waals surface area contributed by atoms with Crippen molar-refractivity contribution in [3.8, 4) is 0 Å². The molecule has 0 heterocycles. The molecule has 0 saturated heterocycles. The summed E-state index contributed by atoms with van der Waals surface area (Å²) in [6.07, 6.45) is 13.1. The van der Waals surface area contributed by atoms with Gasteiger partial charge < -0.3 is 4.74 Å². The second kappa shape index (κ2) is 7.47. The van der Waals surface area contributed by atoms with E-state index in [1.165, 1.54) is 44.1 Å². The first-order valence-electron chi connectivity index (χ1n) is 12.5. The van der Waals surface area contributed by atoms with Crippen molar-refractivity contribution in [1.82, 2.24) is 0 Å². The van der Waals surface area contributed by atoms with Crippen LogP contribution in [0.3, 0.4) is 0 Å². The van der Waals surface area contributed by atoms with Crippen molar-refractivity contribution in [2.24, 2.45) is 34.5 Å². The summed E-state index contributed by atoms with van der Waals surface area (Å²) in [5.41, 5.74) is 1.94. The van der Waals surface area contributed by atoms with E-state index in [0.717, 1.165) is 49.9 Å². The van der Waals surface area contributed by atoms with Gasteiger partial charge in [0.15, 0.2) is 0 Å². The van der Waals surface area contributed by atoms with E-state index >= 15 is 0 Å². The molecule has 7 atom stereocenters. The lowest BCUT2D eigenvalue weighted by Gasteiger charge is -2.61. The van der Waals surface area contributed by atoms with E-state index in [2.05, 4.69) is 44.2 Å². The summed E-state index contributed by atoms with van der Waals surface area (Å²) < 4.78 is 6.29. The molecule has 0 aromatic heterocycles. The minimum absolute atomic E-state index is 0.00496. The minimum atomic E-state index is 0.00496. The van der Waals surface area contributed by atoms with Crippen molar-refractivity contribution in [3.63, 3.8) is 0 Å². The van der Waals surface area contributed by atoms with Crippen molar-refractivity contribution in [3.05, 3.63) is 35.9 Å². The highest BCUT2D eigenvalue weighted by Gasteiger charge is 2.61. The van der Waals surface area contributed by atoms with E-state index in [0.29, 0.717) is 17.1 Å². The number of rotatable bonds is 4. The summed E-state index contributed by atoms with van der Waals surface area (Å²) in [7, 11) is 1.95. The maximum Gasteiger partial charge on any atom is 0.139 e. The summed E-state index contributed by atoms with van der Waals surface area (Å²) >= 11 is 0. The lowest BCUT2D eigenvalue weighted by Crippen LogP contribution is -2.56. The average Bonchev–Trinajstić information content (AvgIpc) is 3.08. The lowest BCUT2D eigenvalue weighted by molar-refractivity contribution is -0.161. The first-order chi connectivity index (χ1) is 14.4. The van der Waals surface area contributed by atoms with Gasteiger partial charge in [-0.2, -0.15) is 0 Å². The Morgan fingerprint density at radius 3 is 2.53 bits per heavy atom. The molecule has 1 aromatic carbocycles. The van der Waals surface area contributed by atoms with Gasteiger partial charge in [0.25, 0.3) is 0 Å². The van der Waals surface area contributed by atoms with E-state index in [1.54, 1.807) is 0 Å². The first-order valence-corrected chi connectivity index (χ1v) is 12.5. The molecule has 0 radical (unpaired) electrons. The van der Waals surface area contributed by atoms with Gasteiger partial charge in [-0.1, -0.05) is 44.2 Å². The van der Waals surface area contributed by atoms with Crippen LogP contribution in [0.25, 0.3) is 0 Å². The molecular weight excluding hydrogens is 368 g/mol. The predicted molar refractivity (Wildman–Crippen MR) is 121 cm³/mol. The minimum Gasteiger partial charge on any atom is -0.378 e. The molecule has 0 amide bonds. The van der Waals surface area contributed by atoms with Crippen LogP contribution in [-0.2, 0) is 16.0 Å². The third kappa shape index (κ3) is 3.12. The summed E-state index contributed by atoms with van der Waals surface area (Å²) in [6.45, 7) is 4.92. The molecule has 2 nitrogen and oxygen atoms in total. The third-order valence-corrected chi connectivity index (χ3v) is 10.7. The molecule has 5 rings (SSSR count). The van der Waals surface area contributed by atoms with E-state index in [4.69, 9.17) is 4.74 Å². The Kier molecular flexibility index (Phi) is 5.16. The van der Waals surface area contributed by atoms with Gasteiger partial charge in [0.1, 0.15) is 5.78 Å². The lowest BCUT2D eigenvalue weighted by atomic mass is 9.44. The van der Waals surface area contributed by atoms with Crippen LogP contribution in [-0.4, -0.2) is 18.5 Å². The van der Waals surface area contributed by atoms with E-state index < -0.39 is 0 Å². The Hall–Kier alpha value is -1.15. The number of hydrogen-bond donors (Lipinski definition) is 0. The molecular formula is C28H40O2. The van der Waals surface area contributed by atoms with Crippen LogP contribution >= 0.6 is 0 Å². The molecule has 1 aromatic rings. The summed E-state index contributed by atoms with van der Waals surface area (Å²) in [5, 5.41) is 0. The van der Waals surface area contributed by atoms with Crippen LogP contribution in [0.15, 0.2) is 30.3 Å². The number of hydrogen-bond acceptors (Lipinski definition) is 2. The first kappa shape index (κ1) is 20.7. The second-order valence-corrected chi connectivity index (χ2v) is 11.7.